The summed E-state index contributed by atoms with van der Waals surface area (Å²) in [7, 11) is 0. The fourth-order valence-corrected chi connectivity index (χ4v) is 10.9. The summed E-state index contributed by atoms with van der Waals surface area (Å²) in [6.45, 7) is 2.24. The summed E-state index contributed by atoms with van der Waals surface area (Å²) in [5, 5.41) is 17.5. The van der Waals surface area contributed by atoms with E-state index in [0.29, 0.717) is 0 Å². The topological polar surface area (TPSA) is 0 Å². The Morgan fingerprint density at radius 2 is 0.698 bits per heavy atom. The lowest BCUT2D eigenvalue weighted by molar-refractivity contribution is 1.55. The van der Waals surface area contributed by atoms with Crippen LogP contribution >= 0.6 is 22.7 Å². The van der Waals surface area contributed by atoms with Crippen molar-refractivity contribution in [3.8, 4) is 44.5 Å². The molecule has 0 atom stereocenters. The Morgan fingerprint density at radius 3 is 1.09 bits per heavy atom. The number of fused-ring (bicyclic) bond motifs is 7. The van der Waals surface area contributed by atoms with E-state index >= 15 is 0 Å². The van der Waals surface area contributed by atoms with Gasteiger partial charge in [-0.25, -0.2) is 0 Å². The standard InChI is InChI=1S/C51H32S2/c1-31-29-52-30-43(31)49-39-23-11-9-21-37(39)48(38-22-10-12-24-40(38)49)42-26-14-28-45-51(42)50-41(25-13-27-44(50)53-45)47-35-19-7-5-17-33(35)46(32-15-3-2-4-16-32)34-18-6-8-20-36(34)47/h2-30H,1H3. The Labute approximate surface area is 315 Å². The maximum atomic E-state index is 2.36. The van der Waals surface area contributed by atoms with Crippen molar-refractivity contribution >= 4 is 85.9 Å². The highest BCUT2D eigenvalue weighted by atomic mass is 32.1. The summed E-state index contributed by atoms with van der Waals surface area (Å²) < 4.78 is 2.62. The number of benzene rings is 9. The first-order valence-corrected chi connectivity index (χ1v) is 19.9. The lowest BCUT2D eigenvalue weighted by Crippen LogP contribution is -1.92. The van der Waals surface area contributed by atoms with Crippen LogP contribution in [0.25, 0.3) is 108 Å². The minimum atomic E-state index is 1.24. The number of hydrogen-bond donors (Lipinski definition) is 0. The van der Waals surface area contributed by atoms with Crippen LogP contribution in [0.3, 0.4) is 0 Å². The number of hydrogen-bond acceptors (Lipinski definition) is 2. The summed E-state index contributed by atoms with van der Waals surface area (Å²) in [6, 6.07) is 60.9. The zero-order valence-corrected chi connectivity index (χ0v) is 30.7. The van der Waals surface area contributed by atoms with E-state index in [9.17, 15) is 0 Å². The number of aryl methyl sites for hydroxylation is 1. The van der Waals surface area contributed by atoms with E-state index in [1.807, 2.05) is 11.3 Å². The quantitative estimate of drug-likeness (QED) is 0.160. The van der Waals surface area contributed by atoms with E-state index < -0.39 is 0 Å². The van der Waals surface area contributed by atoms with Gasteiger partial charge in [0.15, 0.2) is 0 Å². The van der Waals surface area contributed by atoms with Crippen molar-refractivity contribution in [2.24, 2.45) is 0 Å². The van der Waals surface area contributed by atoms with Gasteiger partial charge in [0, 0.05) is 20.2 Å². The molecular weight excluding hydrogens is 677 g/mol. The largest absolute Gasteiger partial charge is 0.151 e. The van der Waals surface area contributed by atoms with Crippen LogP contribution in [0.1, 0.15) is 5.56 Å². The van der Waals surface area contributed by atoms with Gasteiger partial charge < -0.3 is 0 Å². The molecule has 53 heavy (non-hydrogen) atoms. The molecule has 9 aromatic carbocycles. The third-order valence-corrected chi connectivity index (χ3v) is 13.1. The highest BCUT2D eigenvalue weighted by molar-refractivity contribution is 7.26. The van der Waals surface area contributed by atoms with E-state index in [1.165, 1.54) is 113 Å². The van der Waals surface area contributed by atoms with Gasteiger partial charge in [0.2, 0.25) is 0 Å². The van der Waals surface area contributed by atoms with Crippen molar-refractivity contribution in [1.29, 1.82) is 0 Å². The molecule has 2 aromatic heterocycles. The molecule has 0 N–H and O–H groups in total. The predicted molar refractivity (Wildman–Crippen MR) is 234 cm³/mol. The molecule has 0 saturated carbocycles. The molecule has 0 nitrogen and oxygen atoms in total. The summed E-state index contributed by atoms with van der Waals surface area (Å²) in [4.78, 5) is 0. The van der Waals surface area contributed by atoms with Crippen LogP contribution in [0.15, 0.2) is 175 Å². The summed E-state index contributed by atoms with van der Waals surface area (Å²) in [5.74, 6) is 0. The minimum Gasteiger partial charge on any atom is -0.151 e. The molecule has 2 heteroatoms. The molecule has 0 fully saturated rings. The second kappa shape index (κ2) is 12.0. The first-order chi connectivity index (χ1) is 26.3. The van der Waals surface area contributed by atoms with Gasteiger partial charge in [-0.2, -0.15) is 11.3 Å². The molecule has 0 unspecified atom stereocenters. The van der Waals surface area contributed by atoms with Crippen molar-refractivity contribution in [1.82, 2.24) is 0 Å². The zero-order chi connectivity index (χ0) is 35.0. The Bertz CT molecular complexity index is 3120. The highest BCUT2D eigenvalue weighted by Crippen LogP contribution is 2.52. The monoisotopic (exact) mass is 708 g/mol. The van der Waals surface area contributed by atoms with Crippen molar-refractivity contribution in [2.45, 2.75) is 6.92 Å². The fourth-order valence-electron chi connectivity index (χ4n) is 8.94. The predicted octanol–water partition coefficient (Wildman–Crippen LogP) is 15.7. The molecule has 0 spiro atoms. The average Bonchev–Trinajstić information content (AvgIpc) is 3.82. The van der Waals surface area contributed by atoms with E-state index in [0.717, 1.165) is 0 Å². The first kappa shape index (κ1) is 30.6. The van der Waals surface area contributed by atoms with Crippen LogP contribution < -0.4 is 0 Å². The summed E-state index contributed by atoms with van der Waals surface area (Å²) in [6.07, 6.45) is 0. The van der Waals surface area contributed by atoms with Gasteiger partial charge in [-0.15, -0.1) is 11.3 Å². The summed E-state index contributed by atoms with van der Waals surface area (Å²) >= 11 is 3.69. The third kappa shape index (κ3) is 4.53. The second-order valence-corrected chi connectivity index (χ2v) is 15.8. The first-order valence-electron chi connectivity index (χ1n) is 18.2. The van der Waals surface area contributed by atoms with Crippen LogP contribution in [0.5, 0.6) is 0 Å². The Kier molecular flexibility index (Phi) is 6.92. The smallest absolute Gasteiger partial charge is 0.0361 e. The van der Waals surface area contributed by atoms with Crippen molar-refractivity contribution in [2.75, 3.05) is 0 Å². The SMILES string of the molecule is Cc1cscc1-c1c2ccccc2c(-c2cccc3sc4cccc(-c5c6ccccc6c(-c6ccccc6)c6ccccc56)c4c23)c2ccccc12. The molecule has 0 amide bonds. The van der Waals surface area contributed by atoms with Crippen LogP contribution in [0.2, 0.25) is 0 Å². The average molecular weight is 709 g/mol. The molecule has 0 aliphatic heterocycles. The van der Waals surface area contributed by atoms with Gasteiger partial charge in [0.25, 0.3) is 0 Å². The molecule has 0 aliphatic rings. The van der Waals surface area contributed by atoms with E-state index in [2.05, 4.69) is 181 Å². The Hall–Kier alpha value is -6.06. The molecule has 11 rings (SSSR count). The van der Waals surface area contributed by atoms with Crippen LogP contribution in [-0.2, 0) is 0 Å². The number of thiophene rings is 2. The lowest BCUT2D eigenvalue weighted by Gasteiger charge is -2.20. The van der Waals surface area contributed by atoms with Crippen molar-refractivity contribution < 1.29 is 0 Å². The van der Waals surface area contributed by atoms with Gasteiger partial charge in [-0.05, 0) is 123 Å². The normalized spacial score (nSPS) is 11.9. The molecule has 0 aliphatic carbocycles. The molecule has 0 radical (unpaired) electrons. The van der Waals surface area contributed by atoms with Crippen molar-refractivity contribution in [3.63, 3.8) is 0 Å². The van der Waals surface area contributed by atoms with Gasteiger partial charge in [-0.3, -0.25) is 0 Å². The van der Waals surface area contributed by atoms with Gasteiger partial charge in [0.05, 0.1) is 0 Å². The second-order valence-electron chi connectivity index (χ2n) is 14.0. The highest BCUT2D eigenvalue weighted by Gasteiger charge is 2.23. The third-order valence-electron chi connectivity index (χ3n) is 11.1. The molecule has 11 aromatic rings. The molecule has 0 bridgehead atoms. The molecule has 0 saturated heterocycles. The zero-order valence-electron chi connectivity index (χ0n) is 29.1. The van der Waals surface area contributed by atoms with E-state index in [-0.39, 0.29) is 0 Å². The minimum absolute atomic E-state index is 1.24. The Morgan fingerprint density at radius 1 is 0.321 bits per heavy atom. The maximum Gasteiger partial charge on any atom is 0.0361 e. The fraction of sp³-hybridized carbons (Fsp3) is 0.0196. The van der Waals surface area contributed by atoms with Gasteiger partial charge >= 0.3 is 0 Å². The van der Waals surface area contributed by atoms with Crippen molar-refractivity contribution in [3.05, 3.63) is 180 Å². The van der Waals surface area contributed by atoms with Crippen LogP contribution in [0, 0.1) is 6.92 Å². The molecule has 2 heterocycles. The number of rotatable bonds is 4. The maximum absolute atomic E-state index is 2.36. The van der Waals surface area contributed by atoms with E-state index in [1.54, 1.807) is 11.3 Å². The van der Waals surface area contributed by atoms with E-state index in [4.69, 9.17) is 0 Å². The molecule has 248 valence electrons. The van der Waals surface area contributed by atoms with Gasteiger partial charge in [-0.1, -0.05) is 152 Å². The van der Waals surface area contributed by atoms with Crippen LogP contribution in [0.4, 0.5) is 0 Å². The molecular formula is C51H32S2. The Balaban J connectivity index is 1.30. The van der Waals surface area contributed by atoms with Crippen LogP contribution in [-0.4, -0.2) is 0 Å². The lowest BCUT2D eigenvalue weighted by atomic mass is 9.83. The summed E-state index contributed by atoms with van der Waals surface area (Å²) in [5.41, 5.74) is 11.7. The van der Waals surface area contributed by atoms with Gasteiger partial charge in [0.1, 0.15) is 0 Å².